The van der Waals surface area contributed by atoms with Crippen LogP contribution in [0, 0.1) is 0 Å². The largest absolute Gasteiger partial charge is 0.379 e. The smallest absolute Gasteiger partial charge is 0.253 e. The third-order valence-electron chi connectivity index (χ3n) is 5.43. The summed E-state index contributed by atoms with van der Waals surface area (Å²) in [5.74, 6) is -0.610. The molecule has 0 bridgehead atoms. The minimum absolute atomic E-state index is 0.241. The van der Waals surface area contributed by atoms with Gasteiger partial charge in [0.25, 0.3) is 11.8 Å². The predicted octanol–water partition coefficient (Wildman–Crippen LogP) is 0.504. The molecule has 0 aliphatic carbocycles. The molecule has 0 saturated heterocycles. The van der Waals surface area contributed by atoms with Crippen molar-refractivity contribution in [3.05, 3.63) is 12.2 Å². The van der Waals surface area contributed by atoms with Crippen LogP contribution < -0.4 is 0 Å². The summed E-state index contributed by atoms with van der Waals surface area (Å²) in [5.41, 5.74) is 0. The van der Waals surface area contributed by atoms with Crippen molar-refractivity contribution in [3.63, 3.8) is 0 Å². The number of hydrogen-bond donors (Lipinski definition) is 0. The molecule has 1 aliphatic heterocycles. The first-order valence-corrected chi connectivity index (χ1v) is 15.1. The maximum Gasteiger partial charge on any atom is 0.253 e. The molecular formula is C29H53NO13. The van der Waals surface area contributed by atoms with Gasteiger partial charge in [0.1, 0.15) is 0 Å². The van der Waals surface area contributed by atoms with E-state index in [4.69, 9.17) is 52.1 Å². The molecule has 1 aliphatic rings. The van der Waals surface area contributed by atoms with Crippen molar-refractivity contribution >= 4 is 11.8 Å². The van der Waals surface area contributed by atoms with E-state index in [-0.39, 0.29) is 25.0 Å². The highest BCUT2D eigenvalue weighted by Gasteiger charge is 2.22. The van der Waals surface area contributed by atoms with Gasteiger partial charge in [-0.3, -0.25) is 14.5 Å². The van der Waals surface area contributed by atoms with Crippen LogP contribution in [0.25, 0.3) is 0 Å². The summed E-state index contributed by atoms with van der Waals surface area (Å²) in [6, 6.07) is 0. The highest BCUT2D eigenvalue weighted by molar-refractivity contribution is 6.12. The molecule has 0 radical (unpaired) electrons. The van der Waals surface area contributed by atoms with Gasteiger partial charge in [0.15, 0.2) is 0 Å². The molecule has 14 nitrogen and oxygen atoms in total. The van der Waals surface area contributed by atoms with E-state index in [1.807, 2.05) is 0 Å². The summed E-state index contributed by atoms with van der Waals surface area (Å²) in [7, 11) is 0. The number of carbonyl (C=O) groups is 2. The van der Waals surface area contributed by atoms with Gasteiger partial charge in [0.05, 0.1) is 145 Å². The zero-order valence-electron chi connectivity index (χ0n) is 25.9. The van der Waals surface area contributed by atoms with Gasteiger partial charge >= 0.3 is 0 Å². The molecule has 0 aromatic heterocycles. The summed E-state index contributed by atoms with van der Waals surface area (Å²) < 4.78 is 59.6. The summed E-state index contributed by atoms with van der Waals surface area (Å²) in [4.78, 5) is 23.9. The first kappa shape index (κ1) is 39.5. The fourth-order valence-electron chi connectivity index (χ4n) is 3.25. The van der Waals surface area contributed by atoms with Crippen molar-refractivity contribution in [1.82, 2.24) is 4.90 Å². The fourth-order valence-corrected chi connectivity index (χ4v) is 3.25. The lowest BCUT2D eigenvalue weighted by Gasteiger charge is -2.13. The van der Waals surface area contributed by atoms with Crippen LogP contribution in [0.1, 0.15) is 13.3 Å². The van der Waals surface area contributed by atoms with Crippen molar-refractivity contribution in [2.24, 2.45) is 0 Å². The zero-order valence-corrected chi connectivity index (χ0v) is 25.9. The van der Waals surface area contributed by atoms with Crippen LogP contribution in [-0.4, -0.2) is 169 Å². The SMILES string of the molecule is CCCOCCOCCOCCOCCOCCOCCOCCOCCOCCOCCOCCN1C(=O)C=CC1=O. The summed E-state index contributed by atoms with van der Waals surface area (Å²) in [5, 5.41) is 0. The highest BCUT2D eigenvalue weighted by atomic mass is 16.6. The van der Waals surface area contributed by atoms with Crippen molar-refractivity contribution in [2.45, 2.75) is 13.3 Å². The van der Waals surface area contributed by atoms with E-state index in [0.717, 1.165) is 17.9 Å². The molecule has 0 aromatic carbocycles. The van der Waals surface area contributed by atoms with Crippen molar-refractivity contribution in [3.8, 4) is 0 Å². The van der Waals surface area contributed by atoms with Gasteiger partial charge in [-0.1, -0.05) is 6.92 Å². The molecule has 0 spiro atoms. The second-order valence-electron chi connectivity index (χ2n) is 8.90. The van der Waals surface area contributed by atoms with E-state index in [1.54, 1.807) is 0 Å². The van der Waals surface area contributed by atoms with Gasteiger partial charge < -0.3 is 52.1 Å². The topological polar surface area (TPSA) is 139 Å². The number of hydrogen-bond acceptors (Lipinski definition) is 13. The minimum Gasteiger partial charge on any atom is -0.379 e. The standard InChI is InChI=1S/C29H53NO13/c1-2-6-33-8-10-35-12-14-37-16-18-39-20-22-41-24-26-43-27-25-42-23-21-40-19-17-38-15-13-36-11-9-34-7-5-30-28(31)3-4-29(30)32/h3-4H,2,5-27H2,1H3. The lowest BCUT2D eigenvalue weighted by molar-refractivity contribution is -0.137. The van der Waals surface area contributed by atoms with Gasteiger partial charge in [0.2, 0.25) is 0 Å². The van der Waals surface area contributed by atoms with Crippen LogP contribution in [0.2, 0.25) is 0 Å². The van der Waals surface area contributed by atoms with E-state index < -0.39 is 0 Å². The third-order valence-corrected chi connectivity index (χ3v) is 5.43. The van der Waals surface area contributed by atoms with Gasteiger partial charge in [-0.05, 0) is 6.42 Å². The number of carbonyl (C=O) groups excluding carboxylic acids is 2. The maximum atomic E-state index is 11.4. The average molecular weight is 624 g/mol. The summed E-state index contributed by atoms with van der Waals surface area (Å²) in [6.07, 6.45) is 3.53. The number of rotatable bonds is 35. The molecule has 0 atom stereocenters. The molecule has 0 aromatic rings. The molecule has 0 saturated carbocycles. The number of nitrogens with zero attached hydrogens (tertiary/aromatic N) is 1. The predicted molar refractivity (Wildman–Crippen MR) is 155 cm³/mol. The Morgan fingerprint density at radius 2 is 0.581 bits per heavy atom. The Hall–Kier alpha value is -1.56. The number of ether oxygens (including phenoxy) is 11. The van der Waals surface area contributed by atoms with E-state index >= 15 is 0 Å². The Kier molecular flexibility index (Phi) is 29.2. The average Bonchev–Trinajstić information content (AvgIpc) is 3.33. The van der Waals surface area contributed by atoms with Crippen LogP contribution in [0.5, 0.6) is 0 Å². The normalized spacial score (nSPS) is 13.2. The summed E-state index contributed by atoms with van der Waals surface area (Å²) in [6.45, 7) is 13.4. The van der Waals surface area contributed by atoms with E-state index in [0.29, 0.717) is 132 Å². The van der Waals surface area contributed by atoms with Gasteiger partial charge in [0, 0.05) is 18.8 Å². The molecular weight excluding hydrogens is 570 g/mol. The molecule has 14 heteroatoms. The molecule has 0 unspecified atom stereocenters. The Balaban J connectivity index is 1.62. The van der Waals surface area contributed by atoms with Crippen molar-refractivity contribution in [1.29, 1.82) is 0 Å². The second kappa shape index (κ2) is 31.9. The first-order chi connectivity index (χ1) is 21.3. The Labute approximate surface area is 256 Å². The van der Waals surface area contributed by atoms with E-state index in [9.17, 15) is 9.59 Å². The van der Waals surface area contributed by atoms with Gasteiger partial charge in [-0.15, -0.1) is 0 Å². The van der Waals surface area contributed by atoms with Crippen LogP contribution in [-0.2, 0) is 61.7 Å². The highest BCUT2D eigenvalue weighted by Crippen LogP contribution is 2.02. The second-order valence-corrected chi connectivity index (χ2v) is 8.90. The number of imide groups is 1. The van der Waals surface area contributed by atoms with Gasteiger partial charge in [-0.25, -0.2) is 0 Å². The molecule has 2 amide bonds. The number of amides is 2. The quantitative estimate of drug-likeness (QED) is 0.0716. The minimum atomic E-state index is -0.305. The van der Waals surface area contributed by atoms with Gasteiger partial charge in [-0.2, -0.15) is 0 Å². The zero-order chi connectivity index (χ0) is 30.9. The van der Waals surface area contributed by atoms with E-state index in [2.05, 4.69) is 6.92 Å². The fraction of sp³-hybridized carbons (Fsp3) is 0.862. The molecule has 1 rings (SSSR count). The van der Waals surface area contributed by atoms with Crippen molar-refractivity contribution < 1.29 is 61.7 Å². The first-order valence-electron chi connectivity index (χ1n) is 15.1. The Bertz CT molecular complexity index is 650. The lowest BCUT2D eigenvalue weighted by Crippen LogP contribution is -2.33. The van der Waals surface area contributed by atoms with Crippen LogP contribution >= 0.6 is 0 Å². The molecule has 0 N–H and O–H groups in total. The molecule has 0 fully saturated rings. The van der Waals surface area contributed by atoms with Crippen LogP contribution in [0.15, 0.2) is 12.2 Å². The van der Waals surface area contributed by atoms with Crippen molar-refractivity contribution in [2.75, 3.05) is 152 Å². The summed E-state index contributed by atoms with van der Waals surface area (Å²) >= 11 is 0. The third kappa shape index (κ3) is 26.6. The van der Waals surface area contributed by atoms with Crippen LogP contribution in [0.3, 0.4) is 0 Å². The van der Waals surface area contributed by atoms with Crippen LogP contribution in [0.4, 0.5) is 0 Å². The maximum absolute atomic E-state index is 11.4. The molecule has 43 heavy (non-hydrogen) atoms. The molecule has 1 heterocycles. The lowest BCUT2D eigenvalue weighted by atomic mass is 10.5. The Morgan fingerprint density at radius 3 is 0.814 bits per heavy atom. The monoisotopic (exact) mass is 623 g/mol. The van der Waals surface area contributed by atoms with E-state index in [1.165, 1.54) is 12.2 Å². The molecule has 252 valence electrons. The Morgan fingerprint density at radius 1 is 0.372 bits per heavy atom.